The molecule has 0 atom stereocenters. The molecular formula is C13H12ClNO2S. The van der Waals surface area contributed by atoms with Crippen molar-refractivity contribution in [3.05, 3.63) is 40.9 Å². The van der Waals surface area contributed by atoms with Crippen LogP contribution < -0.4 is 0 Å². The maximum absolute atomic E-state index is 11.4. The fourth-order valence-electron chi connectivity index (χ4n) is 1.56. The Kier molecular flexibility index (Phi) is 4.47. The second kappa shape index (κ2) is 6.09. The Morgan fingerprint density at radius 2 is 2.33 bits per heavy atom. The van der Waals surface area contributed by atoms with E-state index in [0.717, 1.165) is 16.1 Å². The van der Waals surface area contributed by atoms with Crippen molar-refractivity contribution in [2.45, 2.75) is 6.61 Å². The molecule has 5 heteroatoms. The summed E-state index contributed by atoms with van der Waals surface area (Å²) in [7, 11) is 1.66. The lowest BCUT2D eigenvalue weighted by Crippen LogP contribution is -2.00. The number of Topliss-reactive ketones (excluding diaryl/α,β-unsaturated/α-hetero) is 1. The Hall–Kier alpha value is -1.23. The fraction of sp³-hybridized carbons (Fsp3) is 0.231. The van der Waals surface area contributed by atoms with Gasteiger partial charge in [-0.05, 0) is 11.6 Å². The Morgan fingerprint density at radius 1 is 1.50 bits per heavy atom. The zero-order chi connectivity index (χ0) is 13.0. The van der Waals surface area contributed by atoms with Crippen LogP contribution in [0.5, 0.6) is 0 Å². The van der Waals surface area contributed by atoms with E-state index in [1.54, 1.807) is 12.5 Å². The average Bonchev–Trinajstić information content (AvgIpc) is 2.88. The van der Waals surface area contributed by atoms with E-state index in [-0.39, 0.29) is 11.7 Å². The number of halogens is 1. The lowest BCUT2D eigenvalue weighted by Gasteiger charge is -2.01. The standard InChI is InChI=1S/C13H12ClNO2S/c1-17-7-9-3-2-4-10(5-9)13-15-11(8-18-13)12(16)6-14/h2-5,8H,6-7H2,1H3. The van der Waals surface area contributed by atoms with Crippen LogP contribution in [0.4, 0.5) is 0 Å². The van der Waals surface area contributed by atoms with E-state index < -0.39 is 0 Å². The molecule has 0 unspecified atom stereocenters. The van der Waals surface area contributed by atoms with Crippen LogP contribution in [0.1, 0.15) is 16.1 Å². The second-order valence-electron chi connectivity index (χ2n) is 3.73. The van der Waals surface area contributed by atoms with Crippen LogP contribution >= 0.6 is 22.9 Å². The summed E-state index contributed by atoms with van der Waals surface area (Å²) in [6.45, 7) is 0.562. The summed E-state index contributed by atoms with van der Waals surface area (Å²) in [5.41, 5.74) is 2.50. The number of hydrogen-bond donors (Lipinski definition) is 0. The third kappa shape index (κ3) is 2.96. The van der Waals surface area contributed by atoms with Gasteiger partial charge in [0.2, 0.25) is 0 Å². The Bertz CT molecular complexity index is 553. The number of nitrogens with zero attached hydrogens (tertiary/aromatic N) is 1. The number of alkyl halides is 1. The molecule has 2 rings (SSSR count). The van der Waals surface area contributed by atoms with Crippen LogP contribution in [0.15, 0.2) is 29.6 Å². The van der Waals surface area contributed by atoms with Gasteiger partial charge in [0, 0.05) is 18.1 Å². The number of benzene rings is 1. The van der Waals surface area contributed by atoms with E-state index in [9.17, 15) is 4.79 Å². The molecule has 2 aromatic rings. The molecule has 0 radical (unpaired) electrons. The van der Waals surface area contributed by atoms with Crippen molar-refractivity contribution in [1.82, 2.24) is 4.98 Å². The minimum absolute atomic E-state index is 0.0348. The monoisotopic (exact) mass is 281 g/mol. The van der Waals surface area contributed by atoms with Crippen LogP contribution in [0.3, 0.4) is 0 Å². The number of rotatable bonds is 5. The molecule has 0 N–H and O–H groups in total. The summed E-state index contributed by atoms with van der Waals surface area (Å²) in [6.07, 6.45) is 0. The predicted octanol–water partition coefficient (Wildman–Crippen LogP) is 3.38. The van der Waals surface area contributed by atoms with Crippen LogP contribution in [-0.4, -0.2) is 23.8 Å². The Morgan fingerprint density at radius 3 is 3.06 bits per heavy atom. The van der Waals surface area contributed by atoms with Crippen molar-refractivity contribution < 1.29 is 9.53 Å². The first-order valence-corrected chi connectivity index (χ1v) is 6.79. The number of aromatic nitrogens is 1. The molecule has 3 nitrogen and oxygen atoms in total. The molecule has 0 bridgehead atoms. The zero-order valence-electron chi connectivity index (χ0n) is 9.85. The minimum Gasteiger partial charge on any atom is -0.380 e. The van der Waals surface area contributed by atoms with Gasteiger partial charge in [-0.1, -0.05) is 18.2 Å². The minimum atomic E-state index is -0.146. The first kappa shape index (κ1) is 13.2. The molecule has 0 aliphatic rings. The summed E-state index contributed by atoms with van der Waals surface area (Å²) in [5.74, 6) is -0.181. The van der Waals surface area contributed by atoms with Gasteiger partial charge in [0.1, 0.15) is 10.7 Å². The van der Waals surface area contributed by atoms with Crippen molar-refractivity contribution in [2.24, 2.45) is 0 Å². The highest BCUT2D eigenvalue weighted by atomic mass is 35.5. The van der Waals surface area contributed by atoms with Crippen molar-refractivity contribution in [2.75, 3.05) is 13.0 Å². The molecule has 1 aromatic heterocycles. The molecular weight excluding hydrogens is 270 g/mol. The first-order chi connectivity index (χ1) is 8.74. The molecule has 18 heavy (non-hydrogen) atoms. The molecule has 0 saturated heterocycles. The number of ether oxygens (including phenoxy) is 1. The second-order valence-corrected chi connectivity index (χ2v) is 4.85. The smallest absolute Gasteiger partial charge is 0.196 e. The molecule has 0 aliphatic carbocycles. The van der Waals surface area contributed by atoms with E-state index >= 15 is 0 Å². The molecule has 0 aliphatic heterocycles. The van der Waals surface area contributed by atoms with E-state index in [1.165, 1.54) is 11.3 Å². The molecule has 0 spiro atoms. The van der Waals surface area contributed by atoms with Crippen LogP contribution in [0, 0.1) is 0 Å². The number of thiazole rings is 1. The maximum Gasteiger partial charge on any atom is 0.196 e. The summed E-state index contributed by atoms with van der Waals surface area (Å²) < 4.78 is 5.09. The Labute approximate surface area is 114 Å². The van der Waals surface area contributed by atoms with Crippen molar-refractivity contribution in [3.8, 4) is 10.6 Å². The topological polar surface area (TPSA) is 39.2 Å². The largest absolute Gasteiger partial charge is 0.380 e. The fourth-order valence-corrected chi connectivity index (χ4v) is 2.52. The molecule has 0 saturated carbocycles. The molecule has 1 heterocycles. The Balaban J connectivity index is 2.28. The molecule has 0 fully saturated rings. The van der Waals surface area contributed by atoms with Gasteiger partial charge >= 0.3 is 0 Å². The van der Waals surface area contributed by atoms with E-state index in [4.69, 9.17) is 16.3 Å². The van der Waals surface area contributed by atoms with Crippen molar-refractivity contribution >= 4 is 28.7 Å². The molecule has 0 amide bonds. The SMILES string of the molecule is COCc1cccc(-c2nc(C(=O)CCl)cs2)c1. The summed E-state index contributed by atoms with van der Waals surface area (Å²) in [5, 5.41) is 2.56. The normalized spacial score (nSPS) is 10.6. The van der Waals surface area contributed by atoms with Gasteiger partial charge in [-0.3, -0.25) is 4.79 Å². The van der Waals surface area contributed by atoms with Crippen LogP contribution in [-0.2, 0) is 11.3 Å². The number of carbonyl (C=O) groups excluding carboxylic acids is 1. The van der Waals surface area contributed by atoms with E-state index in [1.807, 2.05) is 24.3 Å². The summed E-state index contributed by atoms with van der Waals surface area (Å²) in [4.78, 5) is 15.7. The van der Waals surface area contributed by atoms with E-state index in [0.29, 0.717) is 12.3 Å². The van der Waals surface area contributed by atoms with Crippen molar-refractivity contribution in [3.63, 3.8) is 0 Å². The average molecular weight is 282 g/mol. The third-order valence-electron chi connectivity index (χ3n) is 2.40. The highest BCUT2D eigenvalue weighted by molar-refractivity contribution is 7.13. The predicted molar refractivity (Wildman–Crippen MR) is 73.3 cm³/mol. The summed E-state index contributed by atoms with van der Waals surface area (Å²) in [6, 6.07) is 7.92. The van der Waals surface area contributed by atoms with Crippen LogP contribution in [0.25, 0.3) is 10.6 Å². The highest BCUT2D eigenvalue weighted by Crippen LogP contribution is 2.25. The maximum atomic E-state index is 11.4. The van der Waals surface area contributed by atoms with Gasteiger partial charge in [-0.15, -0.1) is 22.9 Å². The number of hydrogen-bond acceptors (Lipinski definition) is 4. The first-order valence-electron chi connectivity index (χ1n) is 5.37. The lowest BCUT2D eigenvalue weighted by atomic mass is 10.1. The summed E-state index contributed by atoms with van der Waals surface area (Å²) >= 11 is 6.95. The van der Waals surface area contributed by atoms with Gasteiger partial charge in [-0.2, -0.15) is 0 Å². The quantitative estimate of drug-likeness (QED) is 0.623. The number of methoxy groups -OCH3 is 1. The van der Waals surface area contributed by atoms with Crippen molar-refractivity contribution in [1.29, 1.82) is 0 Å². The lowest BCUT2D eigenvalue weighted by molar-refractivity contribution is 0.101. The van der Waals surface area contributed by atoms with Gasteiger partial charge in [0.25, 0.3) is 0 Å². The van der Waals surface area contributed by atoms with E-state index in [2.05, 4.69) is 4.98 Å². The highest BCUT2D eigenvalue weighted by Gasteiger charge is 2.10. The third-order valence-corrected chi connectivity index (χ3v) is 3.53. The number of carbonyl (C=O) groups is 1. The number of ketones is 1. The van der Waals surface area contributed by atoms with Crippen LogP contribution in [0.2, 0.25) is 0 Å². The van der Waals surface area contributed by atoms with Gasteiger partial charge in [0.15, 0.2) is 5.78 Å². The molecule has 1 aromatic carbocycles. The van der Waals surface area contributed by atoms with Gasteiger partial charge < -0.3 is 4.74 Å². The molecule has 94 valence electrons. The van der Waals surface area contributed by atoms with Gasteiger partial charge in [-0.25, -0.2) is 4.98 Å². The van der Waals surface area contributed by atoms with Gasteiger partial charge in [0.05, 0.1) is 12.5 Å². The zero-order valence-corrected chi connectivity index (χ0v) is 11.4.